The first-order valence-electron chi connectivity index (χ1n) is 6.62. The van der Waals surface area contributed by atoms with Crippen LogP contribution in [-0.2, 0) is 10.0 Å². The molecule has 1 aromatic rings. The SMILES string of the molecule is CCS(=O)(=O)NC1CCC(Oc2ncc(F)cn2)CC1. The van der Waals surface area contributed by atoms with E-state index in [-0.39, 0.29) is 23.9 Å². The minimum Gasteiger partial charge on any atom is -0.460 e. The molecule has 1 aliphatic carbocycles. The van der Waals surface area contributed by atoms with Crippen molar-refractivity contribution in [3.05, 3.63) is 18.2 Å². The molecular weight excluding hydrogens is 285 g/mol. The third kappa shape index (κ3) is 4.38. The number of nitrogens with one attached hydrogen (secondary N) is 1. The smallest absolute Gasteiger partial charge is 0.316 e. The molecule has 0 radical (unpaired) electrons. The molecule has 1 aromatic heterocycles. The van der Waals surface area contributed by atoms with E-state index in [1.54, 1.807) is 6.92 Å². The molecule has 20 heavy (non-hydrogen) atoms. The minimum absolute atomic E-state index is 0.0334. The molecule has 0 spiro atoms. The van der Waals surface area contributed by atoms with Crippen LogP contribution in [0, 0.1) is 5.82 Å². The predicted molar refractivity (Wildman–Crippen MR) is 71.3 cm³/mol. The van der Waals surface area contributed by atoms with Gasteiger partial charge in [-0.1, -0.05) is 0 Å². The largest absolute Gasteiger partial charge is 0.460 e. The van der Waals surface area contributed by atoms with Crippen LogP contribution in [0.2, 0.25) is 0 Å². The van der Waals surface area contributed by atoms with E-state index < -0.39 is 15.8 Å². The summed E-state index contributed by atoms with van der Waals surface area (Å²) in [6.45, 7) is 1.61. The summed E-state index contributed by atoms with van der Waals surface area (Å²) in [5.74, 6) is -0.414. The van der Waals surface area contributed by atoms with Crippen LogP contribution in [0.4, 0.5) is 4.39 Å². The Bertz CT molecular complexity index is 527. The van der Waals surface area contributed by atoms with E-state index in [2.05, 4.69) is 14.7 Å². The monoisotopic (exact) mass is 303 g/mol. The maximum atomic E-state index is 12.7. The van der Waals surface area contributed by atoms with Crippen LogP contribution in [-0.4, -0.2) is 36.3 Å². The summed E-state index contributed by atoms with van der Waals surface area (Å²) in [5, 5.41) is 0. The average molecular weight is 303 g/mol. The second kappa shape index (κ2) is 6.45. The van der Waals surface area contributed by atoms with Crippen LogP contribution in [0.15, 0.2) is 12.4 Å². The van der Waals surface area contributed by atoms with Gasteiger partial charge in [-0.05, 0) is 32.6 Å². The number of hydrogen-bond acceptors (Lipinski definition) is 5. The van der Waals surface area contributed by atoms with E-state index in [0.29, 0.717) is 12.8 Å². The lowest BCUT2D eigenvalue weighted by Crippen LogP contribution is -2.40. The zero-order valence-corrected chi connectivity index (χ0v) is 12.1. The summed E-state index contributed by atoms with van der Waals surface area (Å²) < 4.78 is 43.8. The Hall–Kier alpha value is -1.28. The highest BCUT2D eigenvalue weighted by Crippen LogP contribution is 2.22. The summed E-state index contributed by atoms with van der Waals surface area (Å²) in [5.41, 5.74) is 0. The molecule has 2 rings (SSSR count). The Morgan fingerprint density at radius 2 is 1.90 bits per heavy atom. The number of aromatic nitrogens is 2. The number of rotatable bonds is 5. The summed E-state index contributed by atoms with van der Waals surface area (Å²) in [6.07, 6.45) is 4.93. The van der Waals surface area contributed by atoms with Crippen molar-refractivity contribution in [1.82, 2.24) is 14.7 Å². The molecule has 0 atom stereocenters. The fourth-order valence-corrected chi connectivity index (χ4v) is 3.06. The minimum atomic E-state index is -3.16. The van der Waals surface area contributed by atoms with E-state index in [0.717, 1.165) is 25.2 Å². The van der Waals surface area contributed by atoms with Gasteiger partial charge in [0, 0.05) is 6.04 Å². The second-order valence-corrected chi connectivity index (χ2v) is 6.84. The lowest BCUT2D eigenvalue weighted by Gasteiger charge is -2.28. The van der Waals surface area contributed by atoms with Gasteiger partial charge in [-0.25, -0.2) is 27.5 Å². The Morgan fingerprint density at radius 3 is 2.45 bits per heavy atom. The third-order valence-corrected chi connectivity index (χ3v) is 4.72. The molecule has 0 aromatic carbocycles. The number of hydrogen-bond donors (Lipinski definition) is 1. The van der Waals surface area contributed by atoms with Crippen molar-refractivity contribution in [1.29, 1.82) is 0 Å². The molecule has 0 aliphatic heterocycles. The second-order valence-electron chi connectivity index (χ2n) is 4.80. The van der Waals surface area contributed by atoms with Crippen molar-refractivity contribution in [3.63, 3.8) is 0 Å². The van der Waals surface area contributed by atoms with Crippen molar-refractivity contribution >= 4 is 10.0 Å². The van der Waals surface area contributed by atoms with E-state index in [1.807, 2.05) is 0 Å². The molecule has 0 saturated heterocycles. The quantitative estimate of drug-likeness (QED) is 0.885. The van der Waals surface area contributed by atoms with Gasteiger partial charge < -0.3 is 4.74 Å². The maximum Gasteiger partial charge on any atom is 0.316 e. The van der Waals surface area contributed by atoms with Crippen molar-refractivity contribution in [2.45, 2.75) is 44.8 Å². The zero-order chi connectivity index (χ0) is 14.6. The molecule has 0 amide bonds. The molecule has 8 heteroatoms. The fourth-order valence-electron chi connectivity index (χ4n) is 2.15. The van der Waals surface area contributed by atoms with Crippen LogP contribution in [0.5, 0.6) is 6.01 Å². The Morgan fingerprint density at radius 1 is 1.30 bits per heavy atom. The fraction of sp³-hybridized carbons (Fsp3) is 0.667. The van der Waals surface area contributed by atoms with Crippen molar-refractivity contribution in [2.75, 3.05) is 5.75 Å². The first-order valence-corrected chi connectivity index (χ1v) is 8.28. The van der Waals surface area contributed by atoms with Crippen molar-refractivity contribution in [3.8, 4) is 6.01 Å². The predicted octanol–water partition coefficient (Wildman–Crippen LogP) is 1.24. The van der Waals surface area contributed by atoms with Gasteiger partial charge in [0.2, 0.25) is 10.0 Å². The van der Waals surface area contributed by atoms with Crippen molar-refractivity contribution < 1.29 is 17.5 Å². The van der Waals surface area contributed by atoms with Crippen LogP contribution in [0.25, 0.3) is 0 Å². The highest BCUT2D eigenvalue weighted by Gasteiger charge is 2.25. The topological polar surface area (TPSA) is 81.2 Å². The average Bonchev–Trinajstić information content (AvgIpc) is 2.43. The van der Waals surface area contributed by atoms with Gasteiger partial charge in [0.25, 0.3) is 0 Å². The molecule has 112 valence electrons. The molecule has 0 bridgehead atoms. The summed E-state index contributed by atoms with van der Waals surface area (Å²) in [4.78, 5) is 7.49. The highest BCUT2D eigenvalue weighted by molar-refractivity contribution is 7.89. The summed E-state index contributed by atoms with van der Waals surface area (Å²) in [7, 11) is -3.16. The van der Waals surface area contributed by atoms with Crippen LogP contribution in [0.1, 0.15) is 32.6 Å². The van der Waals surface area contributed by atoms with Gasteiger partial charge in [-0.15, -0.1) is 0 Å². The van der Waals surface area contributed by atoms with Gasteiger partial charge in [0.1, 0.15) is 6.10 Å². The number of halogens is 1. The maximum absolute atomic E-state index is 12.7. The number of nitrogens with zero attached hydrogens (tertiary/aromatic N) is 2. The molecule has 1 N–H and O–H groups in total. The lowest BCUT2D eigenvalue weighted by molar-refractivity contribution is 0.132. The molecule has 0 unspecified atom stereocenters. The normalized spacial score (nSPS) is 23.5. The summed E-state index contributed by atoms with van der Waals surface area (Å²) >= 11 is 0. The molecular formula is C12H18FN3O3S. The van der Waals surface area contributed by atoms with E-state index in [1.165, 1.54) is 0 Å². The van der Waals surface area contributed by atoms with E-state index >= 15 is 0 Å². The number of ether oxygens (including phenoxy) is 1. The van der Waals surface area contributed by atoms with Gasteiger partial charge in [0.05, 0.1) is 18.1 Å². The molecule has 1 aliphatic rings. The molecule has 1 heterocycles. The molecule has 6 nitrogen and oxygen atoms in total. The van der Waals surface area contributed by atoms with E-state index in [9.17, 15) is 12.8 Å². The van der Waals surface area contributed by atoms with Crippen LogP contribution in [0.3, 0.4) is 0 Å². The van der Waals surface area contributed by atoms with Gasteiger partial charge in [0.15, 0.2) is 5.82 Å². The van der Waals surface area contributed by atoms with Crippen LogP contribution < -0.4 is 9.46 Å². The van der Waals surface area contributed by atoms with E-state index in [4.69, 9.17) is 4.74 Å². The van der Waals surface area contributed by atoms with Crippen molar-refractivity contribution in [2.24, 2.45) is 0 Å². The Labute approximate surface area is 117 Å². The van der Waals surface area contributed by atoms with Crippen LogP contribution >= 0.6 is 0 Å². The standard InChI is InChI=1S/C12H18FN3O3S/c1-2-20(17,18)16-10-3-5-11(6-4-10)19-12-14-7-9(13)8-15-12/h7-8,10-11,16H,2-6H2,1H3. The van der Waals surface area contributed by atoms with Gasteiger partial charge >= 0.3 is 6.01 Å². The Kier molecular flexibility index (Phi) is 4.87. The molecule has 1 fully saturated rings. The zero-order valence-electron chi connectivity index (χ0n) is 11.3. The Balaban J connectivity index is 1.81. The first kappa shape index (κ1) is 15.1. The van der Waals surface area contributed by atoms with Gasteiger partial charge in [-0.3, -0.25) is 0 Å². The first-order chi connectivity index (χ1) is 9.48. The van der Waals surface area contributed by atoms with Gasteiger partial charge in [-0.2, -0.15) is 0 Å². The lowest BCUT2D eigenvalue weighted by atomic mass is 9.94. The third-order valence-electron chi connectivity index (χ3n) is 3.27. The highest BCUT2D eigenvalue weighted by atomic mass is 32.2. The molecule has 1 saturated carbocycles. The number of sulfonamides is 1. The summed E-state index contributed by atoms with van der Waals surface area (Å²) in [6, 6.07) is 0.123.